The largest absolute Gasteiger partial charge is 0.493 e. The summed E-state index contributed by atoms with van der Waals surface area (Å²) in [5.74, 6) is 0.805. The molecule has 0 aliphatic carbocycles. The van der Waals surface area contributed by atoms with Crippen LogP contribution in [0.1, 0.15) is 12.5 Å². The summed E-state index contributed by atoms with van der Waals surface area (Å²) in [6.45, 7) is 2.11. The van der Waals surface area contributed by atoms with Crippen molar-refractivity contribution < 1.29 is 28.6 Å². The highest BCUT2D eigenvalue weighted by molar-refractivity contribution is 8.18. The predicted molar refractivity (Wildman–Crippen MR) is 115 cm³/mol. The molecule has 1 aromatic carbocycles. The van der Waals surface area contributed by atoms with Crippen LogP contribution >= 0.6 is 23.5 Å². The van der Waals surface area contributed by atoms with Gasteiger partial charge in [0.25, 0.3) is 11.1 Å². The molecule has 10 heteroatoms. The van der Waals surface area contributed by atoms with E-state index in [1.165, 1.54) is 33.1 Å². The maximum Gasteiger partial charge on any atom is 0.293 e. The highest BCUT2D eigenvalue weighted by Gasteiger charge is 2.34. The number of imide groups is 1. The fourth-order valence-corrected chi connectivity index (χ4v) is 3.73. The molecule has 1 atom stereocenters. The summed E-state index contributed by atoms with van der Waals surface area (Å²) in [4.78, 5) is 38.1. The monoisotopic (exact) mass is 440 g/mol. The van der Waals surface area contributed by atoms with Crippen LogP contribution in [-0.4, -0.2) is 67.9 Å². The minimum absolute atomic E-state index is 0.115. The maximum atomic E-state index is 12.6. The van der Waals surface area contributed by atoms with Gasteiger partial charge in [-0.3, -0.25) is 19.3 Å². The van der Waals surface area contributed by atoms with Crippen molar-refractivity contribution >= 4 is 46.7 Å². The summed E-state index contributed by atoms with van der Waals surface area (Å²) in [6, 6.07) is 3.39. The fraction of sp³-hybridized carbons (Fsp3) is 0.421. The summed E-state index contributed by atoms with van der Waals surface area (Å²) in [5, 5.41) is 2.16. The first-order chi connectivity index (χ1) is 13.9. The van der Waals surface area contributed by atoms with Crippen LogP contribution in [0.5, 0.6) is 17.2 Å². The number of methoxy groups -OCH3 is 3. The van der Waals surface area contributed by atoms with Crippen LogP contribution in [0.4, 0.5) is 4.79 Å². The third-order valence-corrected chi connectivity index (χ3v) is 6.04. The fourth-order valence-electron chi connectivity index (χ4n) is 2.57. The van der Waals surface area contributed by atoms with Crippen molar-refractivity contribution in [1.29, 1.82) is 0 Å². The number of hydrogen-bond donors (Lipinski definition) is 1. The molecule has 3 amide bonds. The SMILES string of the molecule is COc1cc(/C=C2\SC(=O)N(CCNC(=O)C(C)SC)C2=O)cc(OC)c1OC. The van der Waals surface area contributed by atoms with Gasteiger partial charge in [-0.2, -0.15) is 11.8 Å². The van der Waals surface area contributed by atoms with Gasteiger partial charge in [-0.1, -0.05) is 0 Å². The summed E-state index contributed by atoms with van der Waals surface area (Å²) < 4.78 is 15.9. The van der Waals surface area contributed by atoms with E-state index in [9.17, 15) is 14.4 Å². The summed E-state index contributed by atoms with van der Waals surface area (Å²) in [7, 11) is 4.51. The number of thioether (sulfide) groups is 2. The van der Waals surface area contributed by atoms with Crippen LogP contribution in [0.25, 0.3) is 6.08 Å². The number of rotatable bonds is 9. The van der Waals surface area contributed by atoms with Crippen LogP contribution in [0.3, 0.4) is 0 Å². The Balaban J connectivity index is 2.14. The quantitative estimate of drug-likeness (QED) is 0.586. The van der Waals surface area contributed by atoms with Crippen LogP contribution < -0.4 is 19.5 Å². The Morgan fingerprint density at radius 2 is 1.83 bits per heavy atom. The molecule has 8 nitrogen and oxygen atoms in total. The molecule has 2 rings (SSSR count). The van der Waals surface area contributed by atoms with E-state index in [1.54, 1.807) is 25.1 Å². The molecule has 1 aromatic rings. The van der Waals surface area contributed by atoms with Gasteiger partial charge in [0.2, 0.25) is 11.7 Å². The minimum Gasteiger partial charge on any atom is -0.493 e. The van der Waals surface area contributed by atoms with Gasteiger partial charge in [-0.25, -0.2) is 0 Å². The highest BCUT2D eigenvalue weighted by Crippen LogP contribution is 2.40. The normalized spacial score (nSPS) is 16.2. The second kappa shape index (κ2) is 10.4. The lowest BCUT2D eigenvalue weighted by atomic mass is 10.1. The van der Waals surface area contributed by atoms with Crippen molar-refractivity contribution in [2.45, 2.75) is 12.2 Å². The molecule has 0 aromatic heterocycles. The molecule has 1 saturated heterocycles. The van der Waals surface area contributed by atoms with Gasteiger partial charge in [-0.05, 0) is 48.7 Å². The minimum atomic E-state index is -0.402. The van der Waals surface area contributed by atoms with Gasteiger partial charge in [-0.15, -0.1) is 0 Å². The lowest BCUT2D eigenvalue weighted by Gasteiger charge is -2.14. The molecule has 1 fully saturated rings. The Kier molecular flexibility index (Phi) is 8.27. The van der Waals surface area contributed by atoms with E-state index in [1.807, 2.05) is 6.26 Å². The van der Waals surface area contributed by atoms with E-state index in [2.05, 4.69) is 5.32 Å². The van der Waals surface area contributed by atoms with Gasteiger partial charge in [0, 0.05) is 13.1 Å². The van der Waals surface area contributed by atoms with Crippen molar-refractivity contribution in [1.82, 2.24) is 10.2 Å². The number of hydrogen-bond acceptors (Lipinski definition) is 8. The van der Waals surface area contributed by atoms with E-state index in [0.29, 0.717) is 22.8 Å². The molecule has 0 bridgehead atoms. The van der Waals surface area contributed by atoms with Crippen molar-refractivity contribution in [3.8, 4) is 17.2 Å². The first-order valence-electron chi connectivity index (χ1n) is 8.72. The molecular weight excluding hydrogens is 416 g/mol. The Hall–Kier alpha value is -2.33. The lowest BCUT2D eigenvalue weighted by molar-refractivity contribution is -0.124. The zero-order chi connectivity index (χ0) is 21.6. The molecule has 0 spiro atoms. The summed E-state index contributed by atoms with van der Waals surface area (Å²) in [5.41, 5.74) is 0.632. The van der Waals surface area contributed by atoms with E-state index >= 15 is 0 Å². The molecule has 1 unspecified atom stereocenters. The molecule has 1 heterocycles. The Morgan fingerprint density at radius 1 is 1.21 bits per heavy atom. The molecule has 1 aliphatic rings. The van der Waals surface area contributed by atoms with Gasteiger partial charge < -0.3 is 19.5 Å². The summed E-state index contributed by atoms with van der Waals surface area (Å²) in [6.07, 6.45) is 3.44. The number of ether oxygens (including phenoxy) is 3. The van der Waals surface area contributed by atoms with E-state index in [-0.39, 0.29) is 34.4 Å². The molecule has 0 saturated carbocycles. The second-order valence-corrected chi connectivity index (χ2v) is 8.13. The third-order valence-electron chi connectivity index (χ3n) is 4.22. The average molecular weight is 441 g/mol. The number of carbonyl (C=O) groups is 3. The zero-order valence-electron chi connectivity index (χ0n) is 16.9. The van der Waals surface area contributed by atoms with E-state index < -0.39 is 5.91 Å². The van der Waals surface area contributed by atoms with Crippen LogP contribution in [0.15, 0.2) is 17.0 Å². The van der Waals surface area contributed by atoms with Crippen molar-refractivity contribution in [3.05, 3.63) is 22.6 Å². The van der Waals surface area contributed by atoms with Crippen molar-refractivity contribution in [2.24, 2.45) is 0 Å². The van der Waals surface area contributed by atoms with Crippen LogP contribution in [0, 0.1) is 0 Å². The topological polar surface area (TPSA) is 94.2 Å². The lowest BCUT2D eigenvalue weighted by Crippen LogP contribution is -2.39. The van der Waals surface area contributed by atoms with Crippen LogP contribution in [-0.2, 0) is 9.59 Å². The van der Waals surface area contributed by atoms with Gasteiger partial charge in [0.1, 0.15) is 0 Å². The molecular formula is C19H24N2O6S2. The average Bonchev–Trinajstić information content (AvgIpc) is 2.99. The standard InChI is InChI=1S/C19H24N2O6S2/c1-11(28-5)17(22)20-6-7-21-18(23)15(29-19(21)24)10-12-8-13(25-2)16(27-4)14(9-12)26-3/h8-11H,6-7H2,1-5H3,(H,20,22)/b15-10-. The summed E-state index contributed by atoms with van der Waals surface area (Å²) >= 11 is 2.28. The molecule has 29 heavy (non-hydrogen) atoms. The van der Waals surface area contributed by atoms with Gasteiger partial charge in [0.05, 0.1) is 31.5 Å². The van der Waals surface area contributed by atoms with E-state index in [0.717, 1.165) is 16.7 Å². The number of benzene rings is 1. The van der Waals surface area contributed by atoms with Gasteiger partial charge in [0.15, 0.2) is 11.5 Å². The zero-order valence-corrected chi connectivity index (χ0v) is 18.6. The smallest absolute Gasteiger partial charge is 0.293 e. The number of carbonyl (C=O) groups excluding carboxylic acids is 3. The Labute approximate surface area is 178 Å². The Morgan fingerprint density at radius 3 is 2.34 bits per heavy atom. The third kappa shape index (κ3) is 5.39. The highest BCUT2D eigenvalue weighted by atomic mass is 32.2. The number of nitrogens with one attached hydrogen (secondary N) is 1. The van der Waals surface area contributed by atoms with Crippen molar-refractivity contribution in [3.63, 3.8) is 0 Å². The number of amides is 3. The predicted octanol–water partition coefficient (Wildman–Crippen LogP) is 2.62. The molecule has 1 N–H and O–H groups in total. The maximum absolute atomic E-state index is 12.6. The van der Waals surface area contributed by atoms with Crippen LogP contribution in [0.2, 0.25) is 0 Å². The molecule has 1 aliphatic heterocycles. The second-order valence-electron chi connectivity index (χ2n) is 5.96. The van der Waals surface area contributed by atoms with E-state index in [4.69, 9.17) is 14.2 Å². The first kappa shape index (κ1) is 23.0. The Bertz CT molecular complexity index is 802. The molecule has 158 valence electrons. The van der Waals surface area contributed by atoms with Crippen molar-refractivity contribution in [2.75, 3.05) is 40.7 Å². The van der Waals surface area contributed by atoms with Gasteiger partial charge >= 0.3 is 0 Å². The molecule has 0 radical (unpaired) electrons. The number of nitrogens with zero attached hydrogens (tertiary/aromatic N) is 1. The first-order valence-corrected chi connectivity index (χ1v) is 10.8.